The maximum atomic E-state index is 11.3. The summed E-state index contributed by atoms with van der Waals surface area (Å²) in [4.78, 5) is 21.9. The van der Waals surface area contributed by atoms with Gasteiger partial charge in [-0.1, -0.05) is 24.6 Å². The monoisotopic (exact) mass is 443 g/mol. The Bertz CT molecular complexity index is 957. The smallest absolute Gasteiger partial charge is 0.272 e. The van der Waals surface area contributed by atoms with E-state index in [0.29, 0.717) is 27.6 Å². The molecular weight excluding hydrogens is 431 g/mol. The second kappa shape index (κ2) is 8.21. The quantitative estimate of drug-likeness (QED) is 0.408. The molecule has 0 spiro atoms. The SMILES string of the molecule is CC1=Cc2ccc(Cl)cc2C(c2ccc([N+](=O)[O-])c(C)c2)=NN1[C-]=O.[Y]. The normalized spacial score (nSPS) is 13.0. The molecule has 0 aromatic heterocycles. The van der Waals surface area contributed by atoms with Gasteiger partial charge in [-0.2, -0.15) is 0 Å². The molecule has 0 unspecified atom stereocenters. The molecule has 6 nitrogen and oxygen atoms in total. The van der Waals surface area contributed by atoms with Gasteiger partial charge in [0.2, 0.25) is 0 Å². The van der Waals surface area contributed by atoms with Crippen molar-refractivity contribution in [3.05, 3.63) is 79.5 Å². The maximum absolute atomic E-state index is 11.3. The van der Waals surface area contributed by atoms with Gasteiger partial charge in [0.05, 0.1) is 17.0 Å². The van der Waals surface area contributed by atoms with Crippen LogP contribution < -0.4 is 0 Å². The van der Waals surface area contributed by atoms with E-state index in [1.54, 1.807) is 44.5 Å². The second-order valence-corrected chi connectivity index (χ2v) is 6.06. The van der Waals surface area contributed by atoms with E-state index < -0.39 is 4.92 Å². The first kappa shape index (κ1) is 20.4. The zero-order chi connectivity index (χ0) is 18.1. The van der Waals surface area contributed by atoms with E-state index in [1.165, 1.54) is 6.07 Å². The van der Waals surface area contributed by atoms with Crippen molar-refractivity contribution in [1.29, 1.82) is 0 Å². The molecule has 26 heavy (non-hydrogen) atoms. The van der Waals surface area contributed by atoms with Crippen molar-refractivity contribution in [1.82, 2.24) is 5.01 Å². The van der Waals surface area contributed by atoms with Crippen molar-refractivity contribution in [2.45, 2.75) is 13.8 Å². The van der Waals surface area contributed by atoms with Crippen molar-refractivity contribution in [3.63, 3.8) is 0 Å². The average Bonchev–Trinajstić information content (AvgIpc) is 2.70. The third-order valence-corrected chi connectivity index (χ3v) is 4.16. The van der Waals surface area contributed by atoms with Crippen molar-refractivity contribution < 1.29 is 42.4 Å². The van der Waals surface area contributed by atoms with E-state index in [2.05, 4.69) is 5.10 Å². The van der Waals surface area contributed by atoms with E-state index in [0.717, 1.165) is 16.1 Å². The molecule has 1 amide bonds. The molecular formula is C18H13ClN3O3Y-. The largest absolute Gasteiger partial charge is 0.397 e. The number of nitro groups is 1. The molecule has 0 aliphatic carbocycles. The van der Waals surface area contributed by atoms with Gasteiger partial charge in [-0.15, -0.1) is 11.8 Å². The zero-order valence-corrected chi connectivity index (χ0v) is 17.7. The Kier molecular flexibility index (Phi) is 6.45. The van der Waals surface area contributed by atoms with Gasteiger partial charge in [0.15, 0.2) is 0 Å². The molecule has 2 aromatic rings. The first-order valence-corrected chi connectivity index (χ1v) is 7.78. The van der Waals surface area contributed by atoms with Gasteiger partial charge in [-0.3, -0.25) is 10.1 Å². The molecule has 0 saturated carbocycles. The summed E-state index contributed by atoms with van der Waals surface area (Å²) in [6, 6.07) is 10.1. The number of hydrazone groups is 1. The molecule has 1 aliphatic rings. The molecule has 1 radical (unpaired) electrons. The van der Waals surface area contributed by atoms with Crippen molar-refractivity contribution in [2.24, 2.45) is 5.10 Å². The summed E-state index contributed by atoms with van der Waals surface area (Å²) in [5, 5.41) is 17.1. The Morgan fingerprint density at radius 3 is 2.54 bits per heavy atom. The average molecular weight is 444 g/mol. The van der Waals surface area contributed by atoms with E-state index >= 15 is 0 Å². The second-order valence-electron chi connectivity index (χ2n) is 5.63. The number of rotatable bonds is 3. The first-order valence-electron chi connectivity index (χ1n) is 7.41. The number of aryl methyl sites for hydroxylation is 1. The van der Waals surface area contributed by atoms with Gasteiger partial charge in [-0.25, -0.2) is 5.10 Å². The third-order valence-electron chi connectivity index (χ3n) is 3.92. The predicted molar refractivity (Wildman–Crippen MR) is 96.1 cm³/mol. The summed E-state index contributed by atoms with van der Waals surface area (Å²) < 4.78 is 0. The third kappa shape index (κ3) is 3.93. The van der Waals surface area contributed by atoms with Crippen LogP contribution in [0.4, 0.5) is 5.69 Å². The Balaban J connectivity index is 0.00000243. The number of nitro benzene ring substituents is 1. The summed E-state index contributed by atoms with van der Waals surface area (Å²) in [5.41, 5.74) is 3.85. The topological polar surface area (TPSA) is 75.8 Å². The molecule has 3 rings (SSSR count). The summed E-state index contributed by atoms with van der Waals surface area (Å²) in [7, 11) is 0. The zero-order valence-electron chi connectivity index (χ0n) is 14.1. The van der Waals surface area contributed by atoms with E-state index in [4.69, 9.17) is 11.6 Å². The van der Waals surface area contributed by atoms with E-state index in [-0.39, 0.29) is 38.4 Å². The minimum absolute atomic E-state index is 0. The van der Waals surface area contributed by atoms with Gasteiger partial charge in [-0.05, 0) is 36.8 Å². The van der Waals surface area contributed by atoms with Crippen LogP contribution in [0.15, 0.2) is 47.2 Å². The summed E-state index contributed by atoms with van der Waals surface area (Å²) >= 11 is 6.13. The molecule has 8 heteroatoms. The number of hydrogen-bond donors (Lipinski definition) is 0. The maximum Gasteiger partial charge on any atom is 0.272 e. The number of carbonyl (C=O) groups excluding carboxylic acids is 1. The van der Waals surface area contributed by atoms with E-state index in [1.807, 2.05) is 12.1 Å². The van der Waals surface area contributed by atoms with E-state index in [9.17, 15) is 14.9 Å². The van der Waals surface area contributed by atoms with Crippen LogP contribution in [0.2, 0.25) is 5.02 Å². The number of allylic oxidation sites excluding steroid dienone is 1. The van der Waals surface area contributed by atoms with Crippen molar-refractivity contribution in [2.75, 3.05) is 0 Å². The van der Waals surface area contributed by atoms with Gasteiger partial charge in [0.1, 0.15) is 0 Å². The molecule has 0 saturated heterocycles. The number of benzene rings is 2. The van der Waals surface area contributed by atoms with Crippen LogP contribution in [0.1, 0.15) is 29.2 Å². The van der Waals surface area contributed by atoms with Crippen LogP contribution in [-0.4, -0.2) is 22.1 Å². The molecule has 0 bridgehead atoms. The summed E-state index contributed by atoms with van der Waals surface area (Å²) in [6.07, 6.45) is 3.58. The fourth-order valence-electron chi connectivity index (χ4n) is 2.69. The molecule has 1 heterocycles. The Labute approximate surface area is 180 Å². The predicted octanol–water partition coefficient (Wildman–Crippen LogP) is 4.05. The molecule has 129 valence electrons. The van der Waals surface area contributed by atoms with Crippen LogP contribution in [0.25, 0.3) is 6.08 Å². The Hall–Kier alpha value is -1.89. The van der Waals surface area contributed by atoms with Crippen LogP contribution in [0, 0.1) is 17.0 Å². The number of halogens is 1. The molecule has 0 fully saturated rings. The minimum atomic E-state index is -0.434. The van der Waals surface area contributed by atoms with Crippen molar-refractivity contribution in [3.8, 4) is 0 Å². The van der Waals surface area contributed by atoms with Gasteiger partial charge >= 0.3 is 0 Å². The van der Waals surface area contributed by atoms with Crippen LogP contribution in [0.5, 0.6) is 0 Å². The molecule has 2 aromatic carbocycles. The fourth-order valence-corrected chi connectivity index (χ4v) is 2.86. The molecule has 0 atom stereocenters. The number of nitrogens with zero attached hydrogens (tertiary/aromatic N) is 3. The Morgan fingerprint density at radius 2 is 1.92 bits per heavy atom. The summed E-state index contributed by atoms with van der Waals surface area (Å²) in [6.45, 7) is 3.40. The number of amides is 1. The summed E-state index contributed by atoms with van der Waals surface area (Å²) in [5.74, 6) is 0. The van der Waals surface area contributed by atoms with Gasteiger partial charge in [0.25, 0.3) is 5.69 Å². The number of fused-ring (bicyclic) bond motifs is 1. The van der Waals surface area contributed by atoms with Crippen LogP contribution >= 0.6 is 11.6 Å². The van der Waals surface area contributed by atoms with Gasteiger partial charge in [0, 0.05) is 60.5 Å². The van der Waals surface area contributed by atoms with Crippen LogP contribution in [-0.2, 0) is 37.5 Å². The standard InChI is InChI=1S/C18H13ClN3O3.Y/c1-11-7-14(4-6-17(11)22(24)25)18-16-9-15(19)5-3-13(16)8-12(2)21(10-23)20-18;/h3-9H,1-2H3;/q-1;. The first-order chi connectivity index (χ1) is 11.9. The van der Waals surface area contributed by atoms with Crippen molar-refractivity contribution >= 4 is 35.5 Å². The fraction of sp³-hybridized carbons (Fsp3) is 0.111. The minimum Gasteiger partial charge on any atom is -0.397 e. The Morgan fingerprint density at radius 1 is 1.19 bits per heavy atom. The molecule has 0 N–H and O–H groups in total. The van der Waals surface area contributed by atoms with Crippen LogP contribution in [0.3, 0.4) is 0 Å². The van der Waals surface area contributed by atoms with Gasteiger partial charge < -0.3 is 9.80 Å². The number of hydrogen-bond acceptors (Lipinski definition) is 4. The molecule has 1 aliphatic heterocycles.